The van der Waals surface area contributed by atoms with Crippen LogP contribution < -0.4 is 11.1 Å². The van der Waals surface area contributed by atoms with Gasteiger partial charge in [0.1, 0.15) is 12.2 Å². The Morgan fingerprint density at radius 3 is 2.94 bits per heavy atom. The number of nitrogens with two attached hydrogens (primary N) is 1. The van der Waals surface area contributed by atoms with Crippen LogP contribution in [0, 0.1) is 6.92 Å². The van der Waals surface area contributed by atoms with E-state index < -0.39 is 0 Å². The zero-order valence-electron chi connectivity index (χ0n) is 9.73. The van der Waals surface area contributed by atoms with E-state index in [4.69, 9.17) is 5.73 Å². The van der Waals surface area contributed by atoms with Gasteiger partial charge in [0.15, 0.2) is 17.0 Å². The zero-order chi connectivity index (χ0) is 11.7. The molecule has 1 atom stereocenters. The predicted octanol–water partition coefficient (Wildman–Crippen LogP) is 0.431. The van der Waals surface area contributed by atoms with E-state index in [1.165, 1.54) is 6.33 Å². The molecule has 0 spiro atoms. The van der Waals surface area contributed by atoms with Crippen LogP contribution in [0.15, 0.2) is 6.33 Å². The number of hydrogen-bond acceptors (Lipinski definition) is 5. The molecule has 0 bridgehead atoms. The highest BCUT2D eigenvalue weighted by atomic mass is 15.1. The summed E-state index contributed by atoms with van der Waals surface area (Å²) >= 11 is 0. The molecule has 0 fully saturated rings. The molecule has 0 aromatic carbocycles. The number of nitrogens with zero attached hydrogens (tertiary/aromatic N) is 4. The standard InChI is InChI=1S/C10H16N6/c1-6(11)4-12-9-8-10(14-5-13-9)16(3)7(2)15-8/h5-6H,4,11H2,1-3H3,(H,12,13,14). The number of fused-ring (bicyclic) bond motifs is 1. The number of imidazole rings is 1. The molecule has 2 aromatic rings. The maximum atomic E-state index is 5.69. The Labute approximate surface area is 93.9 Å². The summed E-state index contributed by atoms with van der Waals surface area (Å²) < 4.78 is 1.94. The van der Waals surface area contributed by atoms with Crippen LogP contribution in [0.2, 0.25) is 0 Å². The van der Waals surface area contributed by atoms with E-state index in [1.807, 2.05) is 25.5 Å². The highest BCUT2D eigenvalue weighted by Crippen LogP contribution is 2.18. The molecule has 0 radical (unpaired) electrons. The monoisotopic (exact) mass is 220 g/mol. The van der Waals surface area contributed by atoms with E-state index >= 15 is 0 Å². The maximum Gasteiger partial charge on any atom is 0.165 e. The molecule has 0 saturated carbocycles. The smallest absolute Gasteiger partial charge is 0.165 e. The van der Waals surface area contributed by atoms with Crippen LogP contribution in [-0.4, -0.2) is 32.1 Å². The molecule has 86 valence electrons. The van der Waals surface area contributed by atoms with Crippen molar-refractivity contribution in [1.29, 1.82) is 0 Å². The van der Waals surface area contributed by atoms with Gasteiger partial charge < -0.3 is 15.6 Å². The topological polar surface area (TPSA) is 81.7 Å². The van der Waals surface area contributed by atoms with Gasteiger partial charge in [0.25, 0.3) is 0 Å². The van der Waals surface area contributed by atoms with Crippen molar-refractivity contribution in [2.75, 3.05) is 11.9 Å². The molecule has 16 heavy (non-hydrogen) atoms. The van der Waals surface area contributed by atoms with Crippen molar-refractivity contribution in [3.63, 3.8) is 0 Å². The first-order chi connectivity index (χ1) is 7.59. The first-order valence-corrected chi connectivity index (χ1v) is 5.23. The normalized spacial score (nSPS) is 13.0. The number of aryl methyl sites for hydroxylation is 2. The molecule has 6 nitrogen and oxygen atoms in total. The zero-order valence-corrected chi connectivity index (χ0v) is 9.73. The summed E-state index contributed by atoms with van der Waals surface area (Å²) in [4.78, 5) is 12.8. The predicted molar refractivity (Wildman–Crippen MR) is 63.2 cm³/mol. The second kappa shape index (κ2) is 4.05. The van der Waals surface area contributed by atoms with Crippen molar-refractivity contribution < 1.29 is 0 Å². The molecule has 2 rings (SSSR count). The van der Waals surface area contributed by atoms with Gasteiger partial charge in [-0.1, -0.05) is 0 Å². The maximum absolute atomic E-state index is 5.69. The minimum Gasteiger partial charge on any atom is -0.367 e. The van der Waals surface area contributed by atoms with E-state index in [0.717, 1.165) is 22.8 Å². The Kier molecular flexibility index (Phi) is 2.74. The van der Waals surface area contributed by atoms with Crippen LogP contribution >= 0.6 is 0 Å². The Balaban J connectivity index is 2.42. The van der Waals surface area contributed by atoms with Crippen molar-refractivity contribution in [3.8, 4) is 0 Å². The van der Waals surface area contributed by atoms with Crippen molar-refractivity contribution in [3.05, 3.63) is 12.2 Å². The molecule has 0 saturated heterocycles. The second-order valence-electron chi connectivity index (χ2n) is 3.97. The second-order valence-corrected chi connectivity index (χ2v) is 3.97. The Morgan fingerprint density at radius 2 is 2.25 bits per heavy atom. The van der Waals surface area contributed by atoms with Gasteiger partial charge in [-0.15, -0.1) is 0 Å². The van der Waals surface area contributed by atoms with Crippen LogP contribution in [0.25, 0.3) is 11.2 Å². The largest absolute Gasteiger partial charge is 0.367 e. The lowest BCUT2D eigenvalue weighted by molar-refractivity contribution is 0.777. The molecule has 0 amide bonds. The molecule has 6 heteroatoms. The lowest BCUT2D eigenvalue weighted by Crippen LogP contribution is -2.25. The van der Waals surface area contributed by atoms with Crippen LogP contribution in [0.5, 0.6) is 0 Å². The van der Waals surface area contributed by atoms with Crippen LogP contribution in [0.4, 0.5) is 5.82 Å². The molecule has 0 aliphatic heterocycles. The van der Waals surface area contributed by atoms with Gasteiger partial charge in [-0.25, -0.2) is 15.0 Å². The fourth-order valence-corrected chi connectivity index (χ4v) is 1.49. The molecule has 3 N–H and O–H groups in total. The first kappa shape index (κ1) is 10.8. The molecule has 2 heterocycles. The van der Waals surface area contributed by atoms with E-state index in [1.54, 1.807) is 0 Å². The van der Waals surface area contributed by atoms with E-state index in [9.17, 15) is 0 Å². The van der Waals surface area contributed by atoms with Gasteiger partial charge in [0, 0.05) is 19.6 Å². The van der Waals surface area contributed by atoms with Crippen LogP contribution in [0.1, 0.15) is 12.7 Å². The van der Waals surface area contributed by atoms with Crippen molar-refractivity contribution in [2.24, 2.45) is 12.8 Å². The third-order valence-corrected chi connectivity index (χ3v) is 2.47. The minimum atomic E-state index is 0.0785. The average Bonchev–Trinajstić information content (AvgIpc) is 2.53. The van der Waals surface area contributed by atoms with Gasteiger partial charge in [0.05, 0.1) is 0 Å². The SMILES string of the molecule is Cc1nc2c(NCC(C)N)ncnc2n1C. The van der Waals surface area contributed by atoms with Gasteiger partial charge in [-0.05, 0) is 13.8 Å². The number of anilines is 1. The van der Waals surface area contributed by atoms with Gasteiger partial charge >= 0.3 is 0 Å². The molecular formula is C10H16N6. The average molecular weight is 220 g/mol. The van der Waals surface area contributed by atoms with E-state index in [-0.39, 0.29) is 6.04 Å². The fraction of sp³-hybridized carbons (Fsp3) is 0.500. The summed E-state index contributed by atoms with van der Waals surface area (Å²) in [5, 5.41) is 3.18. The summed E-state index contributed by atoms with van der Waals surface area (Å²) in [7, 11) is 1.94. The summed E-state index contributed by atoms with van der Waals surface area (Å²) in [6.45, 7) is 4.55. The lowest BCUT2D eigenvalue weighted by atomic mass is 10.3. The number of aromatic nitrogens is 4. The third-order valence-electron chi connectivity index (χ3n) is 2.47. The summed E-state index contributed by atoms with van der Waals surface area (Å²) in [5.74, 6) is 1.66. The Bertz CT molecular complexity index is 501. The highest BCUT2D eigenvalue weighted by Gasteiger charge is 2.10. The van der Waals surface area contributed by atoms with Crippen molar-refractivity contribution in [2.45, 2.75) is 19.9 Å². The molecular weight excluding hydrogens is 204 g/mol. The van der Waals surface area contributed by atoms with Crippen LogP contribution in [-0.2, 0) is 7.05 Å². The molecule has 0 aliphatic carbocycles. The van der Waals surface area contributed by atoms with Gasteiger partial charge in [-0.2, -0.15) is 0 Å². The Morgan fingerprint density at radius 1 is 1.50 bits per heavy atom. The third kappa shape index (κ3) is 1.83. The number of rotatable bonds is 3. The van der Waals surface area contributed by atoms with Crippen LogP contribution in [0.3, 0.4) is 0 Å². The van der Waals surface area contributed by atoms with Crippen molar-refractivity contribution in [1.82, 2.24) is 19.5 Å². The van der Waals surface area contributed by atoms with E-state index in [2.05, 4.69) is 20.3 Å². The van der Waals surface area contributed by atoms with E-state index in [0.29, 0.717) is 6.54 Å². The van der Waals surface area contributed by atoms with Gasteiger partial charge in [0.2, 0.25) is 0 Å². The Hall–Kier alpha value is -1.69. The molecule has 2 aromatic heterocycles. The summed E-state index contributed by atoms with van der Waals surface area (Å²) in [6, 6.07) is 0.0785. The first-order valence-electron chi connectivity index (χ1n) is 5.23. The fourth-order valence-electron chi connectivity index (χ4n) is 1.49. The van der Waals surface area contributed by atoms with Crippen molar-refractivity contribution >= 4 is 17.0 Å². The number of hydrogen-bond donors (Lipinski definition) is 2. The quantitative estimate of drug-likeness (QED) is 0.784. The molecule has 0 aliphatic rings. The summed E-state index contributed by atoms with van der Waals surface area (Å²) in [5.41, 5.74) is 7.32. The number of nitrogens with one attached hydrogen (secondary N) is 1. The molecule has 1 unspecified atom stereocenters. The summed E-state index contributed by atoms with van der Waals surface area (Å²) in [6.07, 6.45) is 1.53. The minimum absolute atomic E-state index is 0.0785. The highest BCUT2D eigenvalue weighted by molar-refractivity contribution is 5.83. The van der Waals surface area contributed by atoms with Gasteiger partial charge in [-0.3, -0.25) is 0 Å². The lowest BCUT2D eigenvalue weighted by Gasteiger charge is -2.07.